The molecule has 2 aliphatic heterocycles. The number of phenolic OH excluding ortho intramolecular Hbond substituents is 9. The van der Waals surface area contributed by atoms with Crippen molar-refractivity contribution in [3.63, 3.8) is 0 Å². The van der Waals surface area contributed by atoms with Crippen LogP contribution in [-0.4, -0.2) is 46.0 Å². The molecule has 2 aliphatic carbocycles. The maximum Gasteiger partial charge on any atom is 0.135 e. The molecule has 2 heterocycles. The van der Waals surface area contributed by atoms with Gasteiger partial charge in [-0.15, -0.1) is 0 Å². The molecular formula is C56H42O11. The first-order chi connectivity index (χ1) is 32.4. The fourth-order valence-electron chi connectivity index (χ4n) is 11.9. The molecule has 8 aromatic carbocycles. The van der Waals surface area contributed by atoms with E-state index in [-0.39, 0.29) is 51.7 Å². The van der Waals surface area contributed by atoms with Crippen molar-refractivity contribution in [2.24, 2.45) is 0 Å². The van der Waals surface area contributed by atoms with Crippen LogP contribution in [0.2, 0.25) is 0 Å². The molecule has 0 saturated carbocycles. The van der Waals surface area contributed by atoms with Gasteiger partial charge >= 0.3 is 0 Å². The topological polar surface area (TPSA) is 201 Å². The molecule has 67 heavy (non-hydrogen) atoms. The van der Waals surface area contributed by atoms with Crippen LogP contribution in [0, 0.1) is 0 Å². The molecular weight excluding hydrogens is 849 g/mol. The summed E-state index contributed by atoms with van der Waals surface area (Å²) in [5, 5.41) is 101. The van der Waals surface area contributed by atoms with Gasteiger partial charge in [-0.3, -0.25) is 0 Å². The molecule has 12 rings (SSSR count). The van der Waals surface area contributed by atoms with E-state index in [1.54, 1.807) is 97.1 Å². The van der Waals surface area contributed by atoms with Crippen LogP contribution >= 0.6 is 0 Å². The largest absolute Gasteiger partial charge is 0.508 e. The summed E-state index contributed by atoms with van der Waals surface area (Å²) in [4.78, 5) is 0. The minimum Gasteiger partial charge on any atom is -0.508 e. The molecule has 9 N–H and O–H groups in total. The van der Waals surface area contributed by atoms with E-state index in [1.807, 2.05) is 42.5 Å². The highest BCUT2D eigenvalue weighted by Crippen LogP contribution is 2.71. The van der Waals surface area contributed by atoms with Gasteiger partial charge in [-0.2, -0.15) is 0 Å². The molecule has 11 heteroatoms. The quantitative estimate of drug-likeness (QED) is 0.0769. The van der Waals surface area contributed by atoms with Gasteiger partial charge < -0.3 is 55.4 Å². The maximum absolute atomic E-state index is 12.8. The lowest BCUT2D eigenvalue weighted by molar-refractivity contribution is 0.221. The van der Waals surface area contributed by atoms with Crippen molar-refractivity contribution in [1.29, 1.82) is 0 Å². The molecule has 4 aliphatic rings. The molecule has 11 nitrogen and oxygen atoms in total. The molecule has 0 fully saturated rings. The molecule has 8 aromatic rings. The van der Waals surface area contributed by atoms with E-state index < -0.39 is 47.7 Å². The van der Waals surface area contributed by atoms with Crippen molar-refractivity contribution in [2.45, 2.75) is 47.7 Å². The lowest BCUT2D eigenvalue weighted by Crippen LogP contribution is -2.21. The molecule has 0 spiro atoms. The van der Waals surface area contributed by atoms with Crippen LogP contribution in [0.3, 0.4) is 0 Å². The summed E-state index contributed by atoms with van der Waals surface area (Å²) in [6, 6.07) is 42.1. The second-order valence-corrected chi connectivity index (χ2v) is 18.0. The van der Waals surface area contributed by atoms with Gasteiger partial charge in [0, 0.05) is 64.1 Å². The van der Waals surface area contributed by atoms with Crippen molar-refractivity contribution in [3.8, 4) is 63.2 Å². The molecule has 332 valence electrons. The first-order valence-electron chi connectivity index (χ1n) is 22.0. The van der Waals surface area contributed by atoms with Crippen LogP contribution in [0.15, 0.2) is 152 Å². The molecule has 8 atom stereocenters. The van der Waals surface area contributed by atoms with Crippen molar-refractivity contribution in [1.82, 2.24) is 0 Å². The van der Waals surface area contributed by atoms with E-state index in [0.29, 0.717) is 39.3 Å². The van der Waals surface area contributed by atoms with Gasteiger partial charge in [-0.25, -0.2) is 0 Å². The lowest BCUT2D eigenvalue weighted by Gasteiger charge is -2.34. The fraction of sp³-hybridized carbons (Fsp3) is 0.143. The highest BCUT2D eigenvalue weighted by Gasteiger charge is 2.57. The highest BCUT2D eigenvalue weighted by atomic mass is 16.5. The second kappa shape index (κ2) is 14.8. The first kappa shape index (κ1) is 40.1. The summed E-state index contributed by atoms with van der Waals surface area (Å²) in [7, 11) is 0. The molecule has 0 amide bonds. The van der Waals surface area contributed by atoms with Crippen LogP contribution in [0.1, 0.15) is 114 Å². The predicted octanol–water partition coefficient (Wildman–Crippen LogP) is 10.7. The van der Waals surface area contributed by atoms with Gasteiger partial charge in [0.2, 0.25) is 0 Å². The van der Waals surface area contributed by atoms with Crippen molar-refractivity contribution in [2.75, 3.05) is 0 Å². The standard InChI is InChI=1S/C56H42O11/c57-31-12-4-26(5-13-31)44-47-39(23-37(63)24-40(47)64)50-52-43(67-56(50)29-10-18-34(60)19-11-29)25-41(65)51-49(45(53(44)54(51)52)27-6-14-32(58)15-7-27)38-2-1-3-42-48(38)46(30-20-35(61)22-36(62)21-30)55(66-42)28-8-16-33(59)17-9-28/h1-25,44-46,49-50,53,55-65H/t44-,45-,46+,49-,50?,53?,55-,56-/m1/s1. The minimum atomic E-state index is -0.741. The Morgan fingerprint density at radius 1 is 0.284 bits per heavy atom. The summed E-state index contributed by atoms with van der Waals surface area (Å²) >= 11 is 0. The van der Waals surface area contributed by atoms with E-state index >= 15 is 0 Å². The van der Waals surface area contributed by atoms with Gasteiger partial charge in [-0.05, 0) is 117 Å². The zero-order valence-corrected chi connectivity index (χ0v) is 35.4. The first-order valence-corrected chi connectivity index (χ1v) is 22.0. The van der Waals surface area contributed by atoms with Crippen molar-refractivity contribution >= 4 is 0 Å². The van der Waals surface area contributed by atoms with E-state index in [9.17, 15) is 46.0 Å². The number of ether oxygens (including phenoxy) is 2. The third kappa shape index (κ3) is 6.18. The molecule has 0 radical (unpaired) electrons. The molecule has 0 aromatic heterocycles. The number of phenols is 9. The van der Waals surface area contributed by atoms with Crippen molar-refractivity contribution < 1.29 is 55.4 Å². The molecule has 2 unspecified atom stereocenters. The summed E-state index contributed by atoms with van der Waals surface area (Å²) < 4.78 is 13.8. The smallest absolute Gasteiger partial charge is 0.135 e. The minimum absolute atomic E-state index is 0.0415. The number of hydrogen-bond donors (Lipinski definition) is 9. The lowest BCUT2D eigenvalue weighted by atomic mass is 9.68. The second-order valence-electron chi connectivity index (χ2n) is 18.0. The van der Waals surface area contributed by atoms with E-state index in [0.717, 1.165) is 38.9 Å². The third-order valence-electron chi connectivity index (χ3n) is 14.4. The zero-order valence-electron chi connectivity index (χ0n) is 35.4. The maximum atomic E-state index is 12.8. The van der Waals surface area contributed by atoms with Gasteiger partial charge in [0.15, 0.2) is 0 Å². The Kier molecular flexibility index (Phi) is 8.85. The highest BCUT2D eigenvalue weighted by molar-refractivity contribution is 5.73. The predicted molar refractivity (Wildman–Crippen MR) is 246 cm³/mol. The van der Waals surface area contributed by atoms with E-state index in [1.165, 1.54) is 12.1 Å². The number of fused-ring (bicyclic) bond motifs is 3. The summed E-state index contributed by atoms with van der Waals surface area (Å²) in [6.45, 7) is 0. The van der Waals surface area contributed by atoms with Gasteiger partial charge in [-0.1, -0.05) is 60.7 Å². The SMILES string of the molecule is Oc1ccc([C@@H]2c3c(O)cc(O)cc3C3c4c(cc(O)c5c4C2[C@H](c2ccc(O)cc2)[C@H]5c2cccc4c2[C@H](c2cc(O)cc(O)c2)[C@@H](c2ccc(O)cc2)O4)O[C@@H]3c2ccc(O)cc2)cc1. The van der Waals surface area contributed by atoms with Gasteiger partial charge in [0.05, 0.1) is 11.8 Å². The van der Waals surface area contributed by atoms with E-state index in [4.69, 9.17) is 9.47 Å². The number of aromatic hydroxyl groups is 9. The van der Waals surface area contributed by atoms with Crippen LogP contribution in [0.5, 0.6) is 63.2 Å². The summed E-state index contributed by atoms with van der Waals surface area (Å²) in [6.07, 6.45) is -1.44. The van der Waals surface area contributed by atoms with Crippen LogP contribution in [-0.2, 0) is 0 Å². The van der Waals surface area contributed by atoms with Gasteiger partial charge in [0.25, 0.3) is 0 Å². The molecule has 0 saturated heterocycles. The normalized spacial score (nSPS) is 22.8. The number of hydrogen-bond acceptors (Lipinski definition) is 11. The van der Waals surface area contributed by atoms with Crippen molar-refractivity contribution in [3.05, 3.63) is 218 Å². The number of benzene rings is 8. The monoisotopic (exact) mass is 890 g/mol. The summed E-state index contributed by atoms with van der Waals surface area (Å²) in [5.41, 5.74) is 8.30. The van der Waals surface area contributed by atoms with Crippen LogP contribution in [0.25, 0.3) is 0 Å². The van der Waals surface area contributed by atoms with Crippen LogP contribution < -0.4 is 9.47 Å². The van der Waals surface area contributed by atoms with E-state index in [2.05, 4.69) is 0 Å². The average molecular weight is 891 g/mol. The fourth-order valence-corrected chi connectivity index (χ4v) is 11.9. The third-order valence-corrected chi connectivity index (χ3v) is 14.4. The van der Waals surface area contributed by atoms with Crippen LogP contribution in [0.4, 0.5) is 0 Å². The zero-order chi connectivity index (χ0) is 46.0. The number of rotatable bonds is 6. The Morgan fingerprint density at radius 3 is 1.39 bits per heavy atom. The van der Waals surface area contributed by atoms with Gasteiger partial charge in [0.1, 0.15) is 75.5 Å². The Morgan fingerprint density at radius 2 is 0.791 bits per heavy atom. The Hall–Kier alpha value is -8.44. The average Bonchev–Trinajstić information content (AvgIpc) is 3.96. The Labute approximate surface area is 383 Å². The molecule has 0 bridgehead atoms. The Balaban J connectivity index is 1.19. The summed E-state index contributed by atoms with van der Waals surface area (Å²) in [5.74, 6) is -3.32. The Bertz CT molecular complexity index is 3250.